The molecule has 0 fully saturated rings. The van der Waals surface area contributed by atoms with Gasteiger partial charge in [-0.15, -0.1) is 0 Å². The predicted molar refractivity (Wildman–Crippen MR) is 85.2 cm³/mol. The average Bonchev–Trinajstić information content (AvgIpc) is 2.90. The van der Waals surface area contributed by atoms with Gasteiger partial charge in [-0.05, 0) is 69.7 Å². The summed E-state index contributed by atoms with van der Waals surface area (Å²) >= 11 is 0. The smallest absolute Gasteiger partial charge is 0.0488 e. The fourth-order valence-corrected chi connectivity index (χ4v) is 3.58. The van der Waals surface area contributed by atoms with Gasteiger partial charge in [-0.2, -0.15) is 0 Å². The van der Waals surface area contributed by atoms with Crippen molar-refractivity contribution in [3.8, 4) is 0 Å². The summed E-state index contributed by atoms with van der Waals surface area (Å²) in [6.07, 6.45) is 1.11. The van der Waals surface area contributed by atoms with Crippen LogP contribution in [0.25, 0.3) is 10.9 Å². The molecule has 2 heterocycles. The lowest BCUT2D eigenvalue weighted by atomic mass is 10.0. The molecule has 1 N–H and O–H groups in total. The second kappa shape index (κ2) is 5.23. The van der Waals surface area contributed by atoms with Gasteiger partial charge in [0, 0.05) is 36.2 Å². The minimum atomic E-state index is 1.04. The Morgan fingerprint density at radius 2 is 1.90 bits per heavy atom. The van der Waals surface area contributed by atoms with Gasteiger partial charge in [-0.25, -0.2) is 0 Å². The van der Waals surface area contributed by atoms with Gasteiger partial charge in [0.05, 0.1) is 0 Å². The summed E-state index contributed by atoms with van der Waals surface area (Å²) in [7, 11) is 4.23. The van der Waals surface area contributed by atoms with Crippen LogP contribution in [-0.2, 0) is 26.1 Å². The summed E-state index contributed by atoms with van der Waals surface area (Å²) in [5.41, 5.74) is 7.40. The van der Waals surface area contributed by atoms with E-state index in [1.165, 1.54) is 33.3 Å². The number of fused-ring (bicyclic) bond motifs is 2. The monoisotopic (exact) mass is 271 g/mol. The third-order valence-corrected chi connectivity index (χ3v) is 4.60. The van der Waals surface area contributed by atoms with Crippen LogP contribution in [0.4, 0.5) is 0 Å². The molecule has 2 aromatic rings. The molecule has 3 heteroatoms. The zero-order chi connectivity index (χ0) is 14.3. The number of rotatable bonds is 4. The van der Waals surface area contributed by atoms with Crippen molar-refractivity contribution in [2.75, 3.05) is 20.6 Å². The first-order chi connectivity index (χ1) is 9.65. The van der Waals surface area contributed by atoms with E-state index in [0.29, 0.717) is 0 Å². The van der Waals surface area contributed by atoms with E-state index in [2.05, 4.69) is 47.8 Å². The first-order valence-electron chi connectivity index (χ1n) is 7.62. The Morgan fingerprint density at radius 3 is 2.55 bits per heavy atom. The first kappa shape index (κ1) is 13.7. The number of hydrogen-bond donors (Lipinski definition) is 1. The van der Waals surface area contributed by atoms with Crippen molar-refractivity contribution >= 4 is 10.9 Å². The first-order valence-corrected chi connectivity index (χ1v) is 7.62. The van der Waals surface area contributed by atoms with E-state index in [4.69, 9.17) is 0 Å². The molecule has 1 aliphatic rings. The van der Waals surface area contributed by atoms with E-state index in [-0.39, 0.29) is 0 Å². The Hall–Kier alpha value is -1.32. The predicted octanol–water partition coefficient (Wildman–Crippen LogP) is 2.68. The molecule has 0 radical (unpaired) electrons. The quantitative estimate of drug-likeness (QED) is 0.922. The maximum atomic E-state index is 3.28. The Bertz CT molecular complexity index is 639. The van der Waals surface area contributed by atoms with E-state index in [0.717, 1.165) is 32.6 Å². The largest absolute Gasteiger partial charge is 0.345 e. The van der Waals surface area contributed by atoms with Gasteiger partial charge in [-0.1, -0.05) is 0 Å². The average molecular weight is 271 g/mol. The molecule has 0 bridgehead atoms. The Labute approximate surface area is 121 Å². The maximum absolute atomic E-state index is 3.28. The zero-order valence-corrected chi connectivity index (χ0v) is 13.1. The minimum absolute atomic E-state index is 1.04. The van der Waals surface area contributed by atoms with Crippen LogP contribution in [0.1, 0.15) is 29.3 Å². The van der Waals surface area contributed by atoms with Gasteiger partial charge < -0.3 is 9.88 Å². The summed E-state index contributed by atoms with van der Waals surface area (Å²) in [6.45, 7) is 8.79. The van der Waals surface area contributed by atoms with Crippen molar-refractivity contribution in [3.63, 3.8) is 0 Å². The maximum Gasteiger partial charge on any atom is 0.0488 e. The molecule has 0 saturated carbocycles. The number of nitrogens with one attached hydrogen (secondary N) is 1. The van der Waals surface area contributed by atoms with Gasteiger partial charge in [0.15, 0.2) is 0 Å². The number of aromatic nitrogens is 1. The summed E-state index contributed by atoms with van der Waals surface area (Å²) in [6, 6.07) is 4.87. The number of hydrogen-bond acceptors (Lipinski definition) is 2. The topological polar surface area (TPSA) is 20.2 Å². The molecule has 0 spiro atoms. The Balaban J connectivity index is 2.18. The van der Waals surface area contributed by atoms with Crippen LogP contribution in [0.15, 0.2) is 12.1 Å². The van der Waals surface area contributed by atoms with E-state index >= 15 is 0 Å². The van der Waals surface area contributed by atoms with Gasteiger partial charge in [0.25, 0.3) is 0 Å². The lowest BCUT2D eigenvalue weighted by Crippen LogP contribution is -2.11. The van der Waals surface area contributed by atoms with Crippen molar-refractivity contribution in [2.24, 2.45) is 0 Å². The van der Waals surface area contributed by atoms with E-state index in [9.17, 15) is 0 Å². The van der Waals surface area contributed by atoms with Crippen molar-refractivity contribution < 1.29 is 0 Å². The van der Waals surface area contributed by atoms with Gasteiger partial charge in [0.1, 0.15) is 0 Å². The van der Waals surface area contributed by atoms with Crippen molar-refractivity contribution in [1.82, 2.24) is 14.8 Å². The molecule has 1 aromatic heterocycles. The van der Waals surface area contributed by atoms with Crippen molar-refractivity contribution in [3.05, 3.63) is 34.5 Å². The van der Waals surface area contributed by atoms with Crippen LogP contribution >= 0.6 is 0 Å². The van der Waals surface area contributed by atoms with Gasteiger partial charge >= 0.3 is 0 Å². The molecule has 20 heavy (non-hydrogen) atoms. The molecule has 0 aliphatic carbocycles. The molecule has 0 atom stereocenters. The van der Waals surface area contributed by atoms with E-state index < -0.39 is 0 Å². The van der Waals surface area contributed by atoms with Crippen molar-refractivity contribution in [1.29, 1.82) is 0 Å². The van der Waals surface area contributed by atoms with E-state index in [1.54, 1.807) is 0 Å². The molecule has 1 aliphatic heterocycles. The SMILES string of the molecule is CCn1c(C)c(CCNC)c2cc3c(cc21)CN(C)C3. The molecule has 1 aromatic carbocycles. The molecule has 3 nitrogen and oxygen atoms in total. The van der Waals surface area contributed by atoms with Gasteiger partial charge in [0.2, 0.25) is 0 Å². The van der Waals surface area contributed by atoms with Crippen LogP contribution in [0, 0.1) is 6.92 Å². The summed E-state index contributed by atoms with van der Waals surface area (Å²) in [5.74, 6) is 0. The second-order valence-corrected chi connectivity index (χ2v) is 5.97. The van der Waals surface area contributed by atoms with Crippen LogP contribution in [0.2, 0.25) is 0 Å². The second-order valence-electron chi connectivity index (χ2n) is 5.97. The number of nitrogens with zero attached hydrogens (tertiary/aromatic N) is 2. The number of aryl methyl sites for hydroxylation is 1. The Kier molecular flexibility index (Phi) is 3.57. The molecule has 0 unspecified atom stereocenters. The normalized spacial score (nSPS) is 15.2. The van der Waals surface area contributed by atoms with Crippen LogP contribution in [-0.4, -0.2) is 30.1 Å². The van der Waals surface area contributed by atoms with Crippen LogP contribution in [0.3, 0.4) is 0 Å². The third kappa shape index (κ3) is 2.05. The molecule has 108 valence electrons. The number of benzene rings is 1. The molecular formula is C17H25N3. The van der Waals surface area contributed by atoms with Crippen molar-refractivity contribution in [2.45, 2.75) is 39.9 Å². The highest BCUT2D eigenvalue weighted by Crippen LogP contribution is 2.32. The highest BCUT2D eigenvalue weighted by Gasteiger charge is 2.20. The van der Waals surface area contributed by atoms with Crippen LogP contribution < -0.4 is 5.32 Å². The summed E-state index contributed by atoms with van der Waals surface area (Å²) < 4.78 is 2.47. The lowest BCUT2D eigenvalue weighted by Gasteiger charge is -2.05. The highest BCUT2D eigenvalue weighted by atomic mass is 15.1. The fourth-order valence-electron chi connectivity index (χ4n) is 3.58. The molecule has 0 saturated heterocycles. The highest BCUT2D eigenvalue weighted by molar-refractivity contribution is 5.87. The Morgan fingerprint density at radius 1 is 1.20 bits per heavy atom. The number of likely N-dealkylation sites (N-methyl/N-ethyl adjacent to an activating group) is 1. The van der Waals surface area contributed by atoms with E-state index in [1.807, 2.05) is 7.05 Å². The molecular weight excluding hydrogens is 246 g/mol. The summed E-state index contributed by atoms with van der Waals surface area (Å²) in [5, 5.41) is 4.74. The van der Waals surface area contributed by atoms with Crippen LogP contribution in [0.5, 0.6) is 0 Å². The van der Waals surface area contributed by atoms with Gasteiger partial charge in [-0.3, -0.25) is 4.90 Å². The molecule has 3 rings (SSSR count). The lowest BCUT2D eigenvalue weighted by molar-refractivity contribution is 0.353. The zero-order valence-electron chi connectivity index (χ0n) is 13.1. The third-order valence-electron chi connectivity index (χ3n) is 4.60. The minimum Gasteiger partial charge on any atom is -0.345 e. The fraction of sp³-hybridized carbons (Fsp3) is 0.529. The molecule has 0 amide bonds. The summed E-state index contributed by atoms with van der Waals surface area (Å²) in [4.78, 5) is 2.39. The standard InChI is InChI=1S/C17H25N3/c1-5-20-12(2)15(6-7-18-3)16-8-13-10-19(4)11-14(13)9-17(16)20/h8-9,18H,5-7,10-11H2,1-4H3.